The zero-order chi connectivity index (χ0) is 37.1. The van der Waals surface area contributed by atoms with Crippen molar-refractivity contribution in [3.05, 3.63) is 103 Å². The van der Waals surface area contributed by atoms with E-state index in [9.17, 15) is 22.6 Å². The number of aryl methyl sites for hydroxylation is 1. The molecular weight excluding hydrogens is 681 g/mol. The fraction of sp³-hybridized carbons (Fsp3) is 0.316. The molecule has 4 aromatic rings. The molecule has 0 radical (unpaired) electrons. The molecule has 0 heterocycles. The summed E-state index contributed by atoms with van der Waals surface area (Å²) in [5, 5.41) is 0. The van der Waals surface area contributed by atoms with Gasteiger partial charge in [-0.05, 0) is 121 Å². The second-order valence-corrected chi connectivity index (χ2v) is 16.4. The number of methoxy groups -OCH3 is 1. The summed E-state index contributed by atoms with van der Waals surface area (Å²) in [4.78, 5) is 27.0. The first-order valence-corrected chi connectivity index (χ1v) is 18.3. The smallest absolute Gasteiger partial charge is 0.344 e. The average Bonchev–Trinajstić information content (AvgIpc) is 3.03. The first-order valence-electron chi connectivity index (χ1n) is 15.6. The summed E-state index contributed by atoms with van der Waals surface area (Å²) in [6.45, 7) is 12.4. The number of esters is 2. The van der Waals surface area contributed by atoms with Gasteiger partial charge in [-0.1, -0.05) is 23.8 Å². The van der Waals surface area contributed by atoms with Crippen LogP contribution in [0.2, 0.25) is 0 Å². The molecule has 0 unspecified atom stereocenters. The molecule has 0 aliphatic rings. The van der Waals surface area contributed by atoms with E-state index in [1.54, 1.807) is 19.2 Å². The molecule has 4 aromatic carbocycles. The molecule has 0 saturated heterocycles. The van der Waals surface area contributed by atoms with E-state index in [1.807, 2.05) is 115 Å². The summed E-state index contributed by atoms with van der Waals surface area (Å²) in [6, 6.07) is 29.1. The minimum atomic E-state index is -4.27. The van der Waals surface area contributed by atoms with Crippen LogP contribution in [0.15, 0.2) is 117 Å². The molecule has 0 atom stereocenters. The van der Waals surface area contributed by atoms with Gasteiger partial charge in [-0.25, -0.2) is 18.0 Å². The molecule has 268 valence electrons. The molecule has 0 saturated carbocycles. The zero-order valence-corrected chi connectivity index (χ0v) is 31.2. The van der Waals surface area contributed by atoms with Gasteiger partial charge in [0.25, 0.3) is 0 Å². The minimum absolute atomic E-state index is 0.164. The van der Waals surface area contributed by atoms with Crippen LogP contribution < -0.4 is 14.2 Å². The number of rotatable bonds is 11. The molecule has 0 N–H and O–H groups in total. The lowest BCUT2D eigenvalue weighted by molar-refractivity contribution is -0.158. The predicted octanol–water partition coefficient (Wildman–Crippen LogP) is 7.13. The zero-order valence-electron chi connectivity index (χ0n) is 29.6. The quantitative estimate of drug-likeness (QED) is 0.0892. The molecule has 0 aromatic heterocycles. The van der Waals surface area contributed by atoms with Gasteiger partial charge >= 0.3 is 11.9 Å². The van der Waals surface area contributed by atoms with Crippen LogP contribution in [0, 0.1) is 6.92 Å². The Morgan fingerprint density at radius 3 is 1.46 bits per heavy atom. The Balaban J connectivity index is 0.000000521. The van der Waals surface area contributed by atoms with Crippen LogP contribution in [-0.4, -0.2) is 56.4 Å². The number of hydrogen-bond donors (Lipinski definition) is 0. The lowest BCUT2D eigenvalue weighted by Crippen LogP contribution is -2.27. The van der Waals surface area contributed by atoms with Gasteiger partial charge in [-0.2, -0.15) is 0 Å². The molecule has 0 aliphatic carbocycles. The third kappa shape index (κ3) is 13.8. The number of hydrogen-bond acceptors (Lipinski definition) is 10. The summed E-state index contributed by atoms with van der Waals surface area (Å²) >= 11 is 0. The maximum absolute atomic E-state index is 12.0. The van der Waals surface area contributed by atoms with Crippen molar-refractivity contribution in [3.63, 3.8) is 0 Å². The lowest BCUT2D eigenvalue weighted by Gasteiger charge is -2.19. The van der Waals surface area contributed by atoms with Crippen LogP contribution >= 0.6 is 0 Å². The Morgan fingerprint density at radius 1 is 0.640 bits per heavy atom. The van der Waals surface area contributed by atoms with Gasteiger partial charge in [0, 0.05) is 6.07 Å². The largest absolute Gasteiger partial charge is 0.744 e. The molecule has 0 bridgehead atoms. The monoisotopic (exact) mass is 724 g/mol. The Labute approximate surface area is 297 Å². The Bertz CT molecular complexity index is 1730. The van der Waals surface area contributed by atoms with E-state index >= 15 is 0 Å². The molecule has 4 rings (SSSR count). The Morgan fingerprint density at radius 2 is 1.08 bits per heavy atom. The molecule has 50 heavy (non-hydrogen) atoms. The Hall–Kier alpha value is -4.52. The van der Waals surface area contributed by atoms with E-state index in [-0.39, 0.29) is 18.1 Å². The molecule has 0 amide bonds. The normalized spacial score (nSPS) is 11.6. The van der Waals surface area contributed by atoms with Gasteiger partial charge in [-0.3, -0.25) is 0 Å². The van der Waals surface area contributed by atoms with Gasteiger partial charge in [0.15, 0.2) is 27.9 Å². The molecule has 0 aliphatic heterocycles. The van der Waals surface area contributed by atoms with E-state index in [0.29, 0.717) is 11.5 Å². The third-order valence-electron chi connectivity index (χ3n) is 6.26. The van der Waals surface area contributed by atoms with Crippen LogP contribution in [0.25, 0.3) is 0 Å². The van der Waals surface area contributed by atoms with E-state index in [0.717, 1.165) is 26.0 Å². The predicted molar refractivity (Wildman–Crippen MR) is 190 cm³/mol. The summed E-state index contributed by atoms with van der Waals surface area (Å²) in [5.41, 5.74) is -0.199. The van der Waals surface area contributed by atoms with E-state index < -0.39 is 44.2 Å². The number of carbonyl (C=O) groups excluding carboxylic acids is 2. The second kappa shape index (κ2) is 17.4. The molecule has 0 fully saturated rings. The maximum atomic E-state index is 12.0. The summed E-state index contributed by atoms with van der Waals surface area (Å²) in [7, 11) is -3.10. The van der Waals surface area contributed by atoms with Gasteiger partial charge in [0.2, 0.25) is 0 Å². The van der Waals surface area contributed by atoms with Crippen molar-refractivity contribution in [2.24, 2.45) is 0 Å². The van der Waals surface area contributed by atoms with Crippen molar-refractivity contribution >= 4 is 33.0 Å². The first kappa shape index (κ1) is 39.9. The van der Waals surface area contributed by atoms with Crippen molar-refractivity contribution in [3.8, 4) is 17.2 Å². The fourth-order valence-electron chi connectivity index (χ4n) is 4.21. The molecule has 10 nitrogen and oxygen atoms in total. The van der Waals surface area contributed by atoms with Crippen LogP contribution in [0.1, 0.15) is 47.1 Å². The number of ether oxygens (including phenoxy) is 5. The molecule has 12 heteroatoms. The van der Waals surface area contributed by atoms with Crippen molar-refractivity contribution in [2.75, 3.05) is 20.3 Å². The number of carbonyl (C=O) groups is 2. The van der Waals surface area contributed by atoms with Crippen molar-refractivity contribution in [2.45, 2.75) is 79.3 Å². The summed E-state index contributed by atoms with van der Waals surface area (Å²) < 4.78 is 58.5. The van der Waals surface area contributed by atoms with Crippen LogP contribution in [0.5, 0.6) is 17.2 Å². The Kier molecular flexibility index (Phi) is 13.9. The van der Waals surface area contributed by atoms with Gasteiger partial charge in [0.05, 0.1) is 22.9 Å². The van der Waals surface area contributed by atoms with E-state index in [4.69, 9.17) is 23.7 Å². The van der Waals surface area contributed by atoms with Crippen LogP contribution in [0.3, 0.4) is 0 Å². The highest BCUT2D eigenvalue weighted by molar-refractivity contribution is 7.97. The minimum Gasteiger partial charge on any atom is -0.744 e. The van der Waals surface area contributed by atoms with Crippen LogP contribution in [-0.2, 0) is 40.1 Å². The van der Waals surface area contributed by atoms with Crippen molar-refractivity contribution in [1.82, 2.24) is 0 Å². The highest BCUT2D eigenvalue weighted by Gasteiger charge is 2.29. The van der Waals surface area contributed by atoms with Gasteiger partial charge < -0.3 is 28.2 Å². The topological polar surface area (TPSA) is 137 Å². The third-order valence-corrected chi connectivity index (χ3v) is 9.32. The van der Waals surface area contributed by atoms with Crippen molar-refractivity contribution in [1.29, 1.82) is 0 Å². The SMILES string of the molecule is COc1cccc([S+](c2ccc(OCC(=O)OC(C)(C)C)cc2)c2ccc(OCC(=O)OC(C)(C)C)cc2)c1.Cc1ccc(S(=O)(=O)[O-])cc1. The summed E-state index contributed by atoms with van der Waals surface area (Å²) in [6.07, 6.45) is 0. The van der Waals surface area contributed by atoms with E-state index in [1.165, 1.54) is 12.1 Å². The second-order valence-electron chi connectivity index (χ2n) is 12.9. The molecule has 0 spiro atoms. The number of benzene rings is 4. The van der Waals surface area contributed by atoms with Gasteiger partial charge in [0.1, 0.15) is 38.6 Å². The highest BCUT2D eigenvalue weighted by Crippen LogP contribution is 2.34. The van der Waals surface area contributed by atoms with Crippen LogP contribution in [0.4, 0.5) is 0 Å². The molecular formula is C38H44O10S2. The lowest BCUT2D eigenvalue weighted by atomic mass is 10.2. The maximum Gasteiger partial charge on any atom is 0.344 e. The standard InChI is InChI=1S/C31H37O7S.C7H8O3S/c1-30(2,3)37-28(32)20-35-22-11-15-25(16-12-22)39(27-10-8-9-24(19-27)34-7)26-17-13-23(14-18-26)36-21-29(33)38-31(4,5)6;1-6-2-4-7(5-3-6)11(8,9)10/h8-19H,20-21H2,1-7H3;2-5H,1H3,(H,8,9,10)/q+1;/p-1. The fourth-order valence-corrected chi connectivity index (χ4v) is 6.76. The first-order chi connectivity index (χ1) is 23.3. The van der Waals surface area contributed by atoms with Crippen molar-refractivity contribution < 1.29 is 46.2 Å². The average molecular weight is 725 g/mol. The van der Waals surface area contributed by atoms with Gasteiger partial charge in [-0.15, -0.1) is 0 Å². The van der Waals surface area contributed by atoms with E-state index in [2.05, 4.69) is 6.07 Å². The highest BCUT2D eigenvalue weighted by atomic mass is 32.2. The summed E-state index contributed by atoms with van der Waals surface area (Å²) in [5.74, 6) is 1.07.